The summed E-state index contributed by atoms with van der Waals surface area (Å²) in [5.41, 5.74) is 3.55. The van der Waals surface area contributed by atoms with E-state index in [4.69, 9.17) is 0 Å². The molecular weight excluding hydrogens is 495 g/mol. The number of carbonyl (C=O) groups is 2. The average Bonchev–Trinajstić information content (AvgIpc) is 3.11. The standard InChI is InChI=1S/C30H33FN6O2/c1-4-7-25-26(12-13-27(31)38)35-30(34-25)23-10-11-24(32-20-23)22-8-5-9-28(33-19-22)36(3)17-14-21(2)18-29(39)37-15-6-16-37/h4,7,10-13,19-21H,6,8,14-18H2,1-3H3,(H,34,35)/b7-4-,13-12+. The van der Waals surface area contributed by atoms with Crippen LogP contribution in [0.1, 0.15) is 56.6 Å². The minimum atomic E-state index is -1.53. The fourth-order valence-corrected chi connectivity index (χ4v) is 4.23. The van der Waals surface area contributed by atoms with Gasteiger partial charge in [-0.25, -0.2) is 9.98 Å². The molecule has 0 radical (unpaired) electrons. The molecule has 9 heteroatoms. The summed E-state index contributed by atoms with van der Waals surface area (Å²) < 4.78 is 12.7. The first-order chi connectivity index (χ1) is 18.8. The Labute approximate surface area is 228 Å². The molecule has 2 aromatic heterocycles. The lowest BCUT2D eigenvalue weighted by molar-refractivity contribution is -0.135. The van der Waals surface area contributed by atoms with E-state index in [1.807, 2.05) is 42.0 Å². The summed E-state index contributed by atoms with van der Waals surface area (Å²) in [7, 11) is 1.97. The summed E-state index contributed by atoms with van der Waals surface area (Å²) in [6.45, 7) is 6.54. The van der Waals surface area contributed by atoms with Crippen molar-refractivity contribution in [2.24, 2.45) is 10.9 Å². The van der Waals surface area contributed by atoms with Gasteiger partial charge in [0.15, 0.2) is 5.84 Å². The first kappa shape index (κ1) is 27.7. The van der Waals surface area contributed by atoms with Gasteiger partial charge in [0.25, 0.3) is 0 Å². The Bertz CT molecular complexity index is 1390. The lowest BCUT2D eigenvalue weighted by atomic mass is 10.0. The molecule has 2 aliphatic rings. The van der Waals surface area contributed by atoms with Crippen LogP contribution in [0, 0.1) is 17.8 Å². The number of hydrogen-bond acceptors (Lipinski definition) is 6. The van der Waals surface area contributed by atoms with Crippen LogP contribution in [-0.2, 0) is 9.59 Å². The Morgan fingerprint density at radius 2 is 2.10 bits per heavy atom. The highest BCUT2D eigenvalue weighted by Gasteiger charge is 2.22. The number of amides is 1. The number of hydrogen-bond donors (Lipinski definition) is 1. The number of allylic oxidation sites excluding steroid dienone is 3. The van der Waals surface area contributed by atoms with Gasteiger partial charge in [0.1, 0.15) is 5.82 Å². The smallest absolute Gasteiger partial charge is 0.325 e. The molecule has 0 bridgehead atoms. The predicted octanol–water partition coefficient (Wildman–Crippen LogP) is 4.74. The van der Waals surface area contributed by atoms with E-state index in [1.54, 1.807) is 18.5 Å². The third-order valence-corrected chi connectivity index (χ3v) is 6.71. The average molecular weight is 529 g/mol. The van der Waals surface area contributed by atoms with Gasteiger partial charge in [0.2, 0.25) is 5.91 Å². The second-order valence-electron chi connectivity index (χ2n) is 9.79. The summed E-state index contributed by atoms with van der Waals surface area (Å²) >= 11 is 0. The van der Waals surface area contributed by atoms with Gasteiger partial charge in [-0.1, -0.05) is 18.9 Å². The number of carbonyl (C=O) groups excluding carboxylic acids is 2. The Kier molecular flexibility index (Phi) is 9.21. The van der Waals surface area contributed by atoms with Crippen LogP contribution in [-0.4, -0.2) is 69.2 Å². The maximum atomic E-state index is 12.7. The Balaban J connectivity index is 1.40. The monoisotopic (exact) mass is 528 g/mol. The second-order valence-corrected chi connectivity index (χ2v) is 9.79. The zero-order valence-electron chi connectivity index (χ0n) is 22.6. The third kappa shape index (κ3) is 7.38. The minimum absolute atomic E-state index is 0.255. The van der Waals surface area contributed by atoms with Crippen LogP contribution in [0.3, 0.4) is 0 Å². The predicted molar refractivity (Wildman–Crippen MR) is 152 cm³/mol. The van der Waals surface area contributed by atoms with Gasteiger partial charge in [-0.2, -0.15) is 4.39 Å². The van der Waals surface area contributed by atoms with E-state index in [1.165, 1.54) is 6.08 Å². The lowest BCUT2D eigenvalue weighted by Gasteiger charge is -2.32. The summed E-state index contributed by atoms with van der Waals surface area (Å²) in [5, 5.41) is 0. The van der Waals surface area contributed by atoms with Crippen molar-refractivity contribution in [3.8, 4) is 23.2 Å². The first-order valence-electron chi connectivity index (χ1n) is 13.2. The molecule has 2 aliphatic heterocycles. The van der Waals surface area contributed by atoms with E-state index in [-0.39, 0.29) is 5.91 Å². The number of imidazole rings is 1. The van der Waals surface area contributed by atoms with Crippen molar-refractivity contribution in [3.05, 3.63) is 53.8 Å². The Morgan fingerprint density at radius 1 is 1.28 bits per heavy atom. The molecule has 4 rings (SSSR count). The molecule has 8 nitrogen and oxygen atoms in total. The van der Waals surface area contributed by atoms with Gasteiger partial charge >= 0.3 is 6.04 Å². The molecule has 0 spiro atoms. The fourth-order valence-electron chi connectivity index (χ4n) is 4.23. The van der Waals surface area contributed by atoms with E-state index in [0.717, 1.165) is 55.4 Å². The van der Waals surface area contributed by atoms with Gasteiger partial charge < -0.3 is 14.8 Å². The number of nitrogens with one attached hydrogen (secondary N) is 1. The van der Waals surface area contributed by atoms with Crippen molar-refractivity contribution >= 4 is 35.5 Å². The molecule has 1 N–H and O–H groups in total. The Morgan fingerprint density at radius 3 is 2.77 bits per heavy atom. The van der Waals surface area contributed by atoms with Crippen LogP contribution in [0.25, 0.3) is 29.1 Å². The van der Waals surface area contributed by atoms with Gasteiger partial charge in [0, 0.05) is 69.1 Å². The summed E-state index contributed by atoms with van der Waals surface area (Å²) in [5.74, 6) is 8.15. The summed E-state index contributed by atoms with van der Waals surface area (Å²) in [6.07, 6.45) is 12.4. The van der Waals surface area contributed by atoms with E-state index >= 15 is 0 Å². The molecular formula is C30H33FN6O2. The topological polar surface area (TPSA) is 94.6 Å². The second kappa shape index (κ2) is 13.0. The van der Waals surface area contributed by atoms with Crippen LogP contribution in [0.5, 0.6) is 0 Å². The van der Waals surface area contributed by atoms with Crippen LogP contribution >= 0.6 is 0 Å². The van der Waals surface area contributed by atoms with Crippen LogP contribution in [0.4, 0.5) is 4.39 Å². The molecule has 1 atom stereocenters. The summed E-state index contributed by atoms with van der Waals surface area (Å²) in [6, 6.07) is 2.26. The summed E-state index contributed by atoms with van der Waals surface area (Å²) in [4.78, 5) is 43.8. The van der Waals surface area contributed by atoms with Gasteiger partial charge in [0.05, 0.1) is 17.1 Å². The molecule has 1 unspecified atom stereocenters. The van der Waals surface area contributed by atoms with Gasteiger partial charge in [-0.05, 0) is 55.9 Å². The molecule has 4 heterocycles. The molecule has 0 aliphatic carbocycles. The maximum Gasteiger partial charge on any atom is 0.325 e. The van der Waals surface area contributed by atoms with Gasteiger partial charge in [-0.15, -0.1) is 0 Å². The number of halogens is 1. The normalized spacial score (nSPS) is 15.7. The lowest BCUT2D eigenvalue weighted by Crippen LogP contribution is -2.42. The largest absolute Gasteiger partial charge is 0.353 e. The van der Waals surface area contributed by atoms with Crippen LogP contribution in [0.15, 0.2) is 41.7 Å². The number of amidine groups is 1. The van der Waals surface area contributed by atoms with Crippen LogP contribution in [0.2, 0.25) is 0 Å². The van der Waals surface area contributed by atoms with Crippen molar-refractivity contribution < 1.29 is 14.0 Å². The Hall–Kier alpha value is -4.32. The molecule has 1 amide bonds. The van der Waals surface area contributed by atoms with E-state index in [0.29, 0.717) is 41.8 Å². The molecule has 202 valence electrons. The number of nitrogens with zero attached hydrogens (tertiary/aromatic N) is 5. The van der Waals surface area contributed by atoms with Crippen molar-refractivity contribution in [3.63, 3.8) is 0 Å². The molecule has 0 aromatic carbocycles. The van der Waals surface area contributed by atoms with Crippen molar-refractivity contribution in [2.45, 2.75) is 39.5 Å². The molecule has 39 heavy (non-hydrogen) atoms. The quantitative estimate of drug-likeness (QED) is 0.273. The fraction of sp³-hybridized carbons (Fsp3) is 0.367. The highest BCUT2D eigenvalue weighted by Crippen LogP contribution is 2.23. The van der Waals surface area contributed by atoms with E-state index in [9.17, 15) is 14.0 Å². The maximum absolute atomic E-state index is 12.7. The number of aromatic nitrogens is 3. The molecule has 0 saturated carbocycles. The number of H-pyrrole nitrogens is 1. The van der Waals surface area contributed by atoms with E-state index in [2.05, 4.69) is 38.7 Å². The number of aliphatic imine (C=N–C) groups is 1. The molecule has 2 aromatic rings. The zero-order chi connectivity index (χ0) is 27.8. The van der Waals surface area contributed by atoms with Gasteiger partial charge in [-0.3, -0.25) is 14.6 Å². The van der Waals surface area contributed by atoms with Crippen LogP contribution < -0.4 is 0 Å². The molecule has 1 fully saturated rings. The third-order valence-electron chi connectivity index (χ3n) is 6.71. The highest BCUT2D eigenvalue weighted by molar-refractivity contribution is 6.00. The van der Waals surface area contributed by atoms with Crippen molar-refractivity contribution in [1.29, 1.82) is 0 Å². The number of pyridine rings is 1. The zero-order valence-corrected chi connectivity index (χ0v) is 22.6. The number of aromatic amines is 1. The number of likely N-dealkylation sites (tertiary alicyclic amines) is 1. The van der Waals surface area contributed by atoms with Crippen molar-refractivity contribution in [1.82, 2.24) is 24.8 Å². The van der Waals surface area contributed by atoms with Crippen molar-refractivity contribution in [2.75, 3.05) is 26.7 Å². The first-order valence-corrected chi connectivity index (χ1v) is 13.2. The highest BCUT2D eigenvalue weighted by atomic mass is 19.1. The minimum Gasteiger partial charge on any atom is -0.353 e. The SMILES string of the molecule is C/C=C\c1[nH]c(-c2ccc(C3=CN=C(N(C)CCC(C)CC(=O)N4CCC4)C#CC3)nc2)nc1/C=C/C(=O)F. The molecule has 1 saturated heterocycles. The number of rotatable bonds is 10. The van der Waals surface area contributed by atoms with E-state index < -0.39 is 6.04 Å².